The maximum absolute atomic E-state index is 12.3. The van der Waals surface area contributed by atoms with E-state index < -0.39 is 5.60 Å². The summed E-state index contributed by atoms with van der Waals surface area (Å²) in [6, 6.07) is 8.90. The monoisotopic (exact) mass is 472 g/mol. The molecule has 1 heterocycles. The van der Waals surface area contributed by atoms with Crippen molar-refractivity contribution in [3.05, 3.63) is 65.5 Å². The zero-order valence-corrected chi connectivity index (χ0v) is 20.8. The highest BCUT2D eigenvalue weighted by molar-refractivity contribution is 5.82. The predicted octanol–water partition coefficient (Wildman–Crippen LogP) is 6.04. The number of alkyl carbamates (subject to hydrolysis) is 1. The van der Waals surface area contributed by atoms with Crippen LogP contribution in [0.1, 0.15) is 69.8 Å². The second-order valence-corrected chi connectivity index (χ2v) is 11.5. The van der Waals surface area contributed by atoms with Gasteiger partial charge in [0.2, 0.25) is 0 Å². The summed E-state index contributed by atoms with van der Waals surface area (Å²) in [6.45, 7) is 2.41. The van der Waals surface area contributed by atoms with Crippen LogP contribution in [0.4, 0.5) is 4.79 Å². The molecule has 0 bridgehead atoms. The summed E-state index contributed by atoms with van der Waals surface area (Å²) >= 11 is 0. The van der Waals surface area contributed by atoms with Crippen molar-refractivity contribution in [3.8, 4) is 0 Å². The fourth-order valence-corrected chi connectivity index (χ4v) is 7.91. The quantitative estimate of drug-likeness (QED) is 0.559. The summed E-state index contributed by atoms with van der Waals surface area (Å²) in [5.74, 6) is 1.06. The number of aromatic nitrogens is 1. The first-order valence-electron chi connectivity index (χ1n) is 13.3. The predicted molar refractivity (Wildman–Crippen MR) is 137 cm³/mol. The molecule has 5 nitrogen and oxygen atoms in total. The minimum Gasteiger partial charge on any atom is -0.446 e. The SMILES string of the molecule is CNC(=O)O[C@H]1CCC2=CC3=CC[C@]4(C)[C@@H](c5ccc6ccncc6c5)CC[C@H]4[C@@]3(O)CCC2C1. The van der Waals surface area contributed by atoms with Crippen molar-refractivity contribution in [2.24, 2.45) is 17.3 Å². The molecule has 4 aliphatic rings. The van der Waals surface area contributed by atoms with E-state index >= 15 is 0 Å². The number of allylic oxidation sites excluding steroid dienone is 2. The van der Waals surface area contributed by atoms with E-state index in [4.69, 9.17) is 4.74 Å². The maximum Gasteiger partial charge on any atom is 0.407 e. The Hall–Kier alpha value is -2.66. The Balaban J connectivity index is 1.27. The Bertz CT molecular complexity index is 1220. The first kappa shape index (κ1) is 22.8. The fourth-order valence-electron chi connectivity index (χ4n) is 7.91. The van der Waals surface area contributed by atoms with Crippen molar-refractivity contribution in [1.29, 1.82) is 0 Å². The van der Waals surface area contributed by atoms with Crippen molar-refractivity contribution in [2.75, 3.05) is 7.05 Å². The normalized spacial score (nSPS) is 36.2. The van der Waals surface area contributed by atoms with Gasteiger partial charge in [-0.15, -0.1) is 0 Å². The van der Waals surface area contributed by atoms with Crippen molar-refractivity contribution in [2.45, 2.75) is 75.9 Å². The summed E-state index contributed by atoms with van der Waals surface area (Å²) in [5, 5.41) is 17.3. The van der Waals surface area contributed by atoms with E-state index in [-0.39, 0.29) is 23.5 Å². The number of amides is 1. The van der Waals surface area contributed by atoms with Gasteiger partial charge in [-0.05, 0) is 103 Å². The number of hydrogen-bond acceptors (Lipinski definition) is 4. The molecular formula is C30H36N2O3. The Labute approximate surface area is 207 Å². The van der Waals surface area contributed by atoms with Crippen LogP contribution in [0.15, 0.2) is 60.0 Å². The van der Waals surface area contributed by atoms with Crippen LogP contribution in [0.5, 0.6) is 0 Å². The lowest BCUT2D eigenvalue weighted by molar-refractivity contribution is -0.0480. The molecule has 184 valence electrons. The van der Waals surface area contributed by atoms with E-state index in [1.54, 1.807) is 7.05 Å². The van der Waals surface area contributed by atoms with Crippen molar-refractivity contribution >= 4 is 16.9 Å². The molecule has 2 fully saturated rings. The molecular weight excluding hydrogens is 436 g/mol. The Kier molecular flexibility index (Phi) is 5.52. The maximum atomic E-state index is 12.3. The molecule has 2 saturated carbocycles. The third-order valence-corrected chi connectivity index (χ3v) is 9.76. The molecule has 5 heteroatoms. The Morgan fingerprint density at radius 2 is 2.06 bits per heavy atom. The molecule has 6 rings (SSSR count). The van der Waals surface area contributed by atoms with Crippen molar-refractivity contribution in [1.82, 2.24) is 10.3 Å². The average molecular weight is 473 g/mol. The number of ether oxygens (including phenoxy) is 1. The molecule has 35 heavy (non-hydrogen) atoms. The van der Waals surface area contributed by atoms with E-state index in [9.17, 15) is 9.90 Å². The molecule has 1 aromatic heterocycles. The van der Waals surface area contributed by atoms with Gasteiger partial charge in [-0.1, -0.05) is 36.8 Å². The van der Waals surface area contributed by atoms with Crippen LogP contribution in [0, 0.1) is 17.3 Å². The molecule has 1 aromatic carbocycles. The zero-order valence-electron chi connectivity index (χ0n) is 20.8. The molecule has 0 spiro atoms. The summed E-state index contributed by atoms with van der Waals surface area (Å²) in [5.41, 5.74) is 3.22. The smallest absolute Gasteiger partial charge is 0.407 e. The lowest BCUT2D eigenvalue weighted by atomic mass is 9.58. The molecule has 6 atom stereocenters. The van der Waals surface area contributed by atoms with E-state index in [0.717, 1.165) is 56.9 Å². The average Bonchev–Trinajstić information content (AvgIpc) is 3.16. The standard InChI is InChI=1S/C30H36N2O3/c1-29-12-10-24-16-20-5-6-25(35-28(33)31-2)17-21(20)9-13-30(24,34)27(29)8-7-26(29)22-4-3-19-11-14-32-18-23(19)15-22/h3-4,10-11,14-16,18,21,25-27,34H,5-9,12-13,17H2,1-2H3,(H,31,33)/t21?,25-,26+,27+,29+,30+/m0/s1. The number of pyridine rings is 1. The minimum absolute atomic E-state index is 0.0347. The lowest BCUT2D eigenvalue weighted by Gasteiger charge is -2.49. The number of rotatable bonds is 2. The highest BCUT2D eigenvalue weighted by atomic mass is 16.6. The number of benzene rings is 1. The molecule has 1 amide bonds. The largest absolute Gasteiger partial charge is 0.446 e. The Morgan fingerprint density at radius 1 is 1.17 bits per heavy atom. The van der Waals surface area contributed by atoms with Crippen molar-refractivity contribution < 1.29 is 14.6 Å². The van der Waals surface area contributed by atoms with Gasteiger partial charge in [0.15, 0.2) is 0 Å². The molecule has 2 aromatic rings. The zero-order chi connectivity index (χ0) is 24.2. The number of nitrogens with one attached hydrogen (secondary N) is 1. The number of fused-ring (bicyclic) bond motifs is 5. The second kappa shape index (κ2) is 8.48. The van der Waals surface area contributed by atoms with E-state index in [1.165, 1.54) is 21.9 Å². The molecule has 0 saturated heterocycles. The number of aliphatic hydroxyl groups is 1. The van der Waals surface area contributed by atoms with Gasteiger partial charge in [0, 0.05) is 24.8 Å². The van der Waals surface area contributed by atoms with Crippen LogP contribution in [0.25, 0.3) is 10.8 Å². The first-order chi connectivity index (χ1) is 16.9. The topological polar surface area (TPSA) is 71.5 Å². The third-order valence-electron chi connectivity index (χ3n) is 9.76. The molecule has 1 unspecified atom stereocenters. The van der Waals surface area contributed by atoms with E-state index in [0.29, 0.717) is 11.8 Å². The number of nitrogens with zero attached hydrogens (tertiary/aromatic N) is 1. The van der Waals surface area contributed by atoms with Crippen LogP contribution < -0.4 is 5.32 Å². The van der Waals surface area contributed by atoms with E-state index in [2.05, 4.69) is 53.6 Å². The molecule has 4 aliphatic carbocycles. The highest BCUT2D eigenvalue weighted by Gasteiger charge is 2.58. The number of hydrogen-bond donors (Lipinski definition) is 2. The fraction of sp³-hybridized carbons (Fsp3) is 0.533. The van der Waals surface area contributed by atoms with Crippen LogP contribution >= 0.6 is 0 Å². The van der Waals surface area contributed by atoms with Gasteiger partial charge in [-0.25, -0.2) is 4.79 Å². The van der Waals surface area contributed by atoms with Crippen LogP contribution in [-0.4, -0.2) is 34.9 Å². The van der Waals surface area contributed by atoms with Gasteiger partial charge < -0.3 is 15.2 Å². The van der Waals surface area contributed by atoms with Crippen LogP contribution in [-0.2, 0) is 4.74 Å². The molecule has 0 radical (unpaired) electrons. The molecule has 0 aliphatic heterocycles. The summed E-state index contributed by atoms with van der Waals surface area (Å²) in [6.07, 6.45) is 15.7. The summed E-state index contributed by atoms with van der Waals surface area (Å²) in [7, 11) is 1.61. The minimum atomic E-state index is -0.776. The van der Waals surface area contributed by atoms with Crippen LogP contribution in [0.2, 0.25) is 0 Å². The van der Waals surface area contributed by atoms with Gasteiger partial charge in [-0.2, -0.15) is 0 Å². The van der Waals surface area contributed by atoms with Gasteiger partial charge in [0.05, 0.1) is 5.60 Å². The van der Waals surface area contributed by atoms with Crippen LogP contribution in [0.3, 0.4) is 0 Å². The van der Waals surface area contributed by atoms with Crippen molar-refractivity contribution in [3.63, 3.8) is 0 Å². The number of carbonyl (C=O) groups is 1. The molecule has 2 N–H and O–H groups in total. The van der Waals surface area contributed by atoms with Gasteiger partial charge in [0.25, 0.3) is 0 Å². The summed E-state index contributed by atoms with van der Waals surface area (Å²) in [4.78, 5) is 16.1. The lowest BCUT2D eigenvalue weighted by Crippen LogP contribution is -2.49. The first-order valence-corrected chi connectivity index (χ1v) is 13.3. The third kappa shape index (κ3) is 3.70. The van der Waals surface area contributed by atoms with Gasteiger partial charge >= 0.3 is 6.09 Å². The highest BCUT2D eigenvalue weighted by Crippen LogP contribution is 2.64. The second-order valence-electron chi connectivity index (χ2n) is 11.5. The van der Waals surface area contributed by atoms with Gasteiger partial charge in [-0.3, -0.25) is 4.98 Å². The summed E-state index contributed by atoms with van der Waals surface area (Å²) < 4.78 is 5.59. The Morgan fingerprint density at radius 3 is 2.91 bits per heavy atom. The van der Waals surface area contributed by atoms with Gasteiger partial charge in [0.1, 0.15) is 6.10 Å². The van der Waals surface area contributed by atoms with E-state index in [1.807, 2.05) is 12.4 Å². The number of carbonyl (C=O) groups excluding carboxylic acids is 1.